The van der Waals surface area contributed by atoms with Crippen LogP contribution in [0.4, 0.5) is 0 Å². The first-order valence-corrected chi connectivity index (χ1v) is 7.13. The van der Waals surface area contributed by atoms with Crippen LogP contribution in [0.15, 0.2) is 42.6 Å². The molecule has 0 amide bonds. The summed E-state index contributed by atoms with van der Waals surface area (Å²) >= 11 is 5.86. The van der Waals surface area contributed by atoms with Crippen LogP contribution in [0, 0.1) is 0 Å². The summed E-state index contributed by atoms with van der Waals surface area (Å²) < 4.78 is 12.4. The Kier molecular flexibility index (Phi) is 5.78. The molecule has 1 unspecified atom stereocenters. The van der Waals surface area contributed by atoms with Gasteiger partial charge in [0.05, 0.1) is 19.1 Å². The zero-order chi connectivity index (χ0) is 15.1. The van der Waals surface area contributed by atoms with Crippen molar-refractivity contribution in [1.29, 1.82) is 0 Å². The molecule has 0 saturated heterocycles. The van der Waals surface area contributed by atoms with E-state index in [1.807, 2.05) is 30.3 Å². The van der Waals surface area contributed by atoms with Crippen LogP contribution >= 0.6 is 11.6 Å². The second-order valence-electron chi connectivity index (χ2n) is 4.51. The molecule has 0 spiro atoms. The van der Waals surface area contributed by atoms with Crippen LogP contribution in [-0.4, -0.2) is 34.3 Å². The summed E-state index contributed by atoms with van der Waals surface area (Å²) in [6.45, 7) is 2.28. The molecule has 2 aromatic rings. The highest BCUT2D eigenvalue weighted by atomic mass is 35.5. The minimum absolute atomic E-state index is 0.174. The minimum Gasteiger partial charge on any atom is -0.470 e. The molecule has 0 radical (unpaired) electrons. The molecule has 0 bridgehead atoms. The van der Waals surface area contributed by atoms with Gasteiger partial charge in [-0.25, -0.2) is 4.68 Å². The third kappa shape index (κ3) is 4.88. The molecule has 1 atom stereocenters. The predicted octanol–water partition coefficient (Wildman–Crippen LogP) is 2.75. The van der Waals surface area contributed by atoms with Gasteiger partial charge in [-0.1, -0.05) is 30.3 Å². The van der Waals surface area contributed by atoms with Crippen molar-refractivity contribution in [3.63, 3.8) is 0 Å². The van der Waals surface area contributed by atoms with E-state index in [0.717, 1.165) is 5.56 Å². The van der Waals surface area contributed by atoms with Crippen molar-refractivity contribution in [3.8, 4) is 5.88 Å². The van der Waals surface area contributed by atoms with E-state index in [1.165, 1.54) is 11.6 Å². The zero-order valence-corrected chi connectivity index (χ0v) is 12.5. The third-order valence-electron chi connectivity index (χ3n) is 2.76. The maximum atomic E-state index is 11.1. The number of rotatable bonds is 7. The number of hydrogen-bond donors (Lipinski definition) is 0. The van der Waals surface area contributed by atoms with Gasteiger partial charge in [0.15, 0.2) is 0 Å². The fraction of sp³-hybridized carbons (Fsp3) is 0.333. The average Bonchev–Trinajstić information content (AvgIpc) is 2.96. The smallest absolute Gasteiger partial charge is 0.243 e. The Morgan fingerprint density at radius 2 is 2.10 bits per heavy atom. The highest BCUT2D eigenvalue weighted by molar-refractivity contribution is 6.18. The maximum Gasteiger partial charge on any atom is 0.243 e. The molecule has 112 valence electrons. The van der Waals surface area contributed by atoms with E-state index in [0.29, 0.717) is 19.1 Å². The summed E-state index contributed by atoms with van der Waals surface area (Å²) in [6, 6.07) is 11.5. The van der Waals surface area contributed by atoms with Crippen LogP contribution in [0.25, 0.3) is 0 Å². The van der Waals surface area contributed by atoms with E-state index in [2.05, 4.69) is 5.10 Å². The average molecular weight is 309 g/mol. The molecule has 0 N–H and O–H groups in total. The molecule has 0 aliphatic rings. The van der Waals surface area contributed by atoms with Crippen molar-refractivity contribution in [2.24, 2.45) is 0 Å². The van der Waals surface area contributed by atoms with Crippen LogP contribution < -0.4 is 4.74 Å². The van der Waals surface area contributed by atoms with E-state index in [1.54, 1.807) is 12.3 Å². The Labute approximate surface area is 128 Å². The van der Waals surface area contributed by atoms with Gasteiger partial charge in [-0.2, -0.15) is 0 Å². The largest absolute Gasteiger partial charge is 0.470 e. The second kappa shape index (κ2) is 7.81. The number of benzene rings is 1. The Hall–Kier alpha value is -1.85. The Balaban J connectivity index is 1.81. The van der Waals surface area contributed by atoms with Crippen molar-refractivity contribution in [2.75, 3.05) is 12.5 Å². The first-order valence-electron chi connectivity index (χ1n) is 6.60. The van der Waals surface area contributed by atoms with Gasteiger partial charge >= 0.3 is 0 Å². The van der Waals surface area contributed by atoms with Crippen LogP contribution in [0.3, 0.4) is 0 Å². The summed E-state index contributed by atoms with van der Waals surface area (Å²) in [7, 11) is 0. The Bertz CT molecular complexity index is 571. The molecule has 21 heavy (non-hydrogen) atoms. The minimum atomic E-state index is -0.314. The predicted molar refractivity (Wildman–Crippen MR) is 79.8 cm³/mol. The summed E-state index contributed by atoms with van der Waals surface area (Å²) in [6.07, 6.45) is 1.24. The van der Waals surface area contributed by atoms with E-state index in [9.17, 15) is 4.79 Å². The second-order valence-corrected chi connectivity index (χ2v) is 4.82. The molecule has 0 aliphatic carbocycles. The highest BCUT2D eigenvalue weighted by Gasteiger charge is 2.12. The topological polar surface area (TPSA) is 53.4 Å². The first kappa shape index (κ1) is 15.5. The van der Waals surface area contributed by atoms with E-state index in [-0.39, 0.29) is 17.9 Å². The van der Waals surface area contributed by atoms with Crippen molar-refractivity contribution >= 4 is 17.5 Å². The number of aromatic nitrogens is 2. The SMILES string of the molecule is CC(=O)n1ccc(OC(CCl)COCc2ccccc2)n1. The molecule has 1 aromatic carbocycles. The molecule has 6 heteroatoms. The van der Waals surface area contributed by atoms with Crippen molar-refractivity contribution in [1.82, 2.24) is 9.78 Å². The Morgan fingerprint density at radius 3 is 2.71 bits per heavy atom. The molecule has 2 rings (SSSR count). The standard InChI is InChI=1S/C15H17ClN2O3/c1-12(19)18-8-7-15(17-18)21-14(9-16)11-20-10-13-5-3-2-4-6-13/h2-8,14H,9-11H2,1H3. The lowest BCUT2D eigenvalue weighted by molar-refractivity contribution is 0.0483. The summed E-state index contributed by atoms with van der Waals surface area (Å²) in [5.74, 6) is 0.466. The van der Waals surface area contributed by atoms with Gasteiger partial charge in [0, 0.05) is 19.2 Å². The molecule has 0 aliphatic heterocycles. The maximum absolute atomic E-state index is 11.1. The van der Waals surface area contributed by atoms with Crippen molar-refractivity contribution in [3.05, 3.63) is 48.2 Å². The van der Waals surface area contributed by atoms with E-state index >= 15 is 0 Å². The van der Waals surface area contributed by atoms with Gasteiger partial charge < -0.3 is 9.47 Å². The van der Waals surface area contributed by atoms with Gasteiger partial charge in [0.1, 0.15) is 6.10 Å². The molecule has 0 saturated carbocycles. The lowest BCUT2D eigenvalue weighted by Gasteiger charge is -2.15. The van der Waals surface area contributed by atoms with Gasteiger partial charge in [-0.05, 0) is 5.56 Å². The van der Waals surface area contributed by atoms with Gasteiger partial charge in [-0.15, -0.1) is 16.7 Å². The lowest BCUT2D eigenvalue weighted by atomic mass is 10.2. The molecular weight excluding hydrogens is 292 g/mol. The van der Waals surface area contributed by atoms with Crippen molar-refractivity contribution < 1.29 is 14.3 Å². The van der Waals surface area contributed by atoms with Gasteiger partial charge in [0.25, 0.3) is 0 Å². The highest BCUT2D eigenvalue weighted by Crippen LogP contribution is 2.10. The van der Waals surface area contributed by atoms with Crippen molar-refractivity contribution in [2.45, 2.75) is 19.6 Å². The number of alkyl halides is 1. The molecule has 1 aromatic heterocycles. The van der Waals surface area contributed by atoms with Gasteiger partial charge in [0.2, 0.25) is 11.8 Å². The zero-order valence-electron chi connectivity index (χ0n) is 11.7. The van der Waals surface area contributed by atoms with Crippen LogP contribution in [0.2, 0.25) is 0 Å². The van der Waals surface area contributed by atoms with Gasteiger partial charge in [-0.3, -0.25) is 4.79 Å². The quantitative estimate of drug-likeness (QED) is 0.738. The number of halogens is 1. The number of nitrogens with zero attached hydrogens (tertiary/aromatic N) is 2. The number of hydrogen-bond acceptors (Lipinski definition) is 4. The summed E-state index contributed by atoms with van der Waals surface area (Å²) in [5.41, 5.74) is 1.09. The summed E-state index contributed by atoms with van der Waals surface area (Å²) in [4.78, 5) is 11.1. The normalized spacial score (nSPS) is 12.1. The van der Waals surface area contributed by atoms with Crippen LogP contribution in [-0.2, 0) is 11.3 Å². The number of carbonyl (C=O) groups excluding carboxylic acids is 1. The number of ether oxygens (including phenoxy) is 2. The third-order valence-corrected chi connectivity index (χ3v) is 3.11. The fourth-order valence-electron chi connectivity index (χ4n) is 1.71. The first-order chi connectivity index (χ1) is 10.2. The fourth-order valence-corrected chi connectivity index (χ4v) is 1.86. The molecule has 1 heterocycles. The number of carbonyl (C=O) groups is 1. The van der Waals surface area contributed by atoms with E-state index in [4.69, 9.17) is 21.1 Å². The van der Waals surface area contributed by atoms with E-state index < -0.39 is 0 Å². The molecule has 0 fully saturated rings. The molecule has 5 nitrogen and oxygen atoms in total. The van der Waals surface area contributed by atoms with Crippen LogP contribution in [0.5, 0.6) is 5.88 Å². The molecular formula is C15H17ClN2O3. The van der Waals surface area contributed by atoms with Crippen LogP contribution in [0.1, 0.15) is 17.3 Å². The Morgan fingerprint density at radius 1 is 1.33 bits per heavy atom. The monoisotopic (exact) mass is 308 g/mol. The summed E-state index contributed by atoms with van der Waals surface area (Å²) in [5, 5.41) is 3.99. The lowest BCUT2D eigenvalue weighted by Crippen LogP contribution is -2.25.